The van der Waals surface area contributed by atoms with Crippen LogP contribution in [-0.2, 0) is 14.9 Å². The zero-order valence-electron chi connectivity index (χ0n) is 19.5. The van der Waals surface area contributed by atoms with Gasteiger partial charge in [-0.3, -0.25) is 9.80 Å². The van der Waals surface area contributed by atoms with E-state index in [0.29, 0.717) is 18.2 Å². The van der Waals surface area contributed by atoms with E-state index in [1.165, 1.54) is 0 Å². The number of likely N-dealkylation sites (tertiary alicyclic amines) is 2. The van der Waals surface area contributed by atoms with Crippen molar-refractivity contribution >= 4 is 28.5 Å². The number of nitrogens with zero attached hydrogens (tertiary/aromatic N) is 3. The lowest BCUT2D eigenvalue weighted by Crippen LogP contribution is -2.52. The van der Waals surface area contributed by atoms with Gasteiger partial charge in [0.2, 0.25) is 0 Å². The van der Waals surface area contributed by atoms with Gasteiger partial charge in [0, 0.05) is 54.2 Å². The quantitative estimate of drug-likeness (QED) is 0.731. The number of fused-ring (bicyclic) bond motifs is 5. The van der Waals surface area contributed by atoms with Crippen molar-refractivity contribution in [2.75, 3.05) is 26.7 Å². The zero-order chi connectivity index (χ0) is 22.8. The van der Waals surface area contributed by atoms with Crippen molar-refractivity contribution in [3.8, 4) is 0 Å². The fourth-order valence-corrected chi connectivity index (χ4v) is 5.64. The molecule has 4 heterocycles. The Balaban J connectivity index is 1.59. The SMILES string of the molecule is CC(C)OC(=O)C1=CN(C(=O)N2C[C@@H]3CC2CN3C)CC(C)(C)c2c1[nH]c1ccccc21. The second-order valence-corrected chi connectivity index (χ2v) is 10.3. The Bertz CT molecular complexity index is 1110. The van der Waals surface area contributed by atoms with Gasteiger partial charge in [-0.2, -0.15) is 0 Å². The molecule has 1 N–H and O–H groups in total. The largest absolute Gasteiger partial charge is 0.459 e. The highest BCUT2D eigenvalue weighted by Gasteiger charge is 2.46. The van der Waals surface area contributed by atoms with Crippen LogP contribution in [0.1, 0.15) is 45.4 Å². The molecule has 3 aliphatic heterocycles. The number of amides is 2. The van der Waals surface area contributed by atoms with Crippen LogP contribution in [0.5, 0.6) is 0 Å². The maximum Gasteiger partial charge on any atom is 0.342 e. The van der Waals surface area contributed by atoms with Crippen LogP contribution in [0.3, 0.4) is 0 Å². The molecule has 2 fully saturated rings. The first kappa shape index (κ1) is 21.1. The molecule has 0 radical (unpaired) electrons. The van der Waals surface area contributed by atoms with E-state index in [4.69, 9.17) is 4.74 Å². The molecule has 7 heteroatoms. The highest BCUT2D eigenvalue weighted by Crippen LogP contribution is 2.41. The number of carbonyl (C=O) groups is 2. The lowest BCUT2D eigenvalue weighted by molar-refractivity contribution is -0.140. The highest BCUT2D eigenvalue weighted by molar-refractivity contribution is 6.18. The number of aromatic amines is 1. The maximum atomic E-state index is 13.7. The molecular formula is C25H32N4O3. The summed E-state index contributed by atoms with van der Waals surface area (Å²) in [4.78, 5) is 36.4. The van der Waals surface area contributed by atoms with E-state index in [0.717, 1.165) is 41.7 Å². The van der Waals surface area contributed by atoms with Gasteiger partial charge in [-0.05, 0) is 38.9 Å². The summed E-state index contributed by atoms with van der Waals surface area (Å²) in [5.41, 5.74) is 2.83. The Labute approximate surface area is 189 Å². The number of ether oxygens (including phenoxy) is 1. The molecule has 0 saturated carbocycles. The third-order valence-electron chi connectivity index (χ3n) is 7.07. The third-order valence-corrected chi connectivity index (χ3v) is 7.07. The third kappa shape index (κ3) is 3.30. The van der Waals surface area contributed by atoms with E-state index in [9.17, 15) is 9.59 Å². The summed E-state index contributed by atoms with van der Waals surface area (Å²) < 4.78 is 5.60. The van der Waals surface area contributed by atoms with Crippen molar-refractivity contribution in [3.05, 3.63) is 41.7 Å². The number of para-hydroxylation sites is 1. The topological polar surface area (TPSA) is 68.9 Å². The number of esters is 1. The number of benzene rings is 1. The molecule has 170 valence electrons. The van der Waals surface area contributed by atoms with Crippen LogP contribution in [0.15, 0.2) is 30.5 Å². The number of H-pyrrole nitrogens is 1. The van der Waals surface area contributed by atoms with E-state index in [1.807, 2.05) is 36.9 Å². The molecule has 2 saturated heterocycles. The van der Waals surface area contributed by atoms with Gasteiger partial charge in [0.05, 0.1) is 17.4 Å². The van der Waals surface area contributed by atoms with Gasteiger partial charge in [-0.25, -0.2) is 9.59 Å². The summed E-state index contributed by atoms with van der Waals surface area (Å²) in [5, 5.41) is 1.08. The number of nitrogens with one attached hydrogen (secondary N) is 1. The minimum absolute atomic E-state index is 0.0250. The molecule has 2 aromatic rings. The van der Waals surface area contributed by atoms with Crippen LogP contribution in [0.4, 0.5) is 4.79 Å². The molecule has 2 amide bonds. The van der Waals surface area contributed by atoms with Crippen molar-refractivity contribution in [2.24, 2.45) is 0 Å². The predicted molar refractivity (Wildman–Crippen MR) is 124 cm³/mol. The van der Waals surface area contributed by atoms with Gasteiger partial charge >= 0.3 is 12.0 Å². The zero-order valence-corrected chi connectivity index (χ0v) is 19.5. The lowest BCUT2D eigenvalue weighted by atomic mass is 9.82. The number of carbonyl (C=O) groups excluding carboxylic acids is 2. The van der Waals surface area contributed by atoms with Crippen LogP contribution >= 0.6 is 0 Å². The number of hydrogen-bond donors (Lipinski definition) is 1. The normalized spacial score (nSPS) is 24.6. The summed E-state index contributed by atoms with van der Waals surface area (Å²) in [6.07, 6.45) is 2.49. The first-order chi connectivity index (χ1) is 15.2. The Morgan fingerprint density at radius 1 is 1.16 bits per heavy atom. The lowest BCUT2D eigenvalue weighted by Gasteiger charge is -2.37. The van der Waals surface area contributed by atoms with Gasteiger partial charge in [0.1, 0.15) is 0 Å². The van der Waals surface area contributed by atoms with Gasteiger partial charge in [-0.1, -0.05) is 32.0 Å². The summed E-state index contributed by atoms with van der Waals surface area (Å²) in [6.45, 7) is 10.1. The summed E-state index contributed by atoms with van der Waals surface area (Å²) in [6, 6.07) is 8.72. The molecule has 7 nitrogen and oxygen atoms in total. The Hall–Kier alpha value is -2.80. The van der Waals surface area contributed by atoms with Crippen LogP contribution in [0.2, 0.25) is 0 Å². The Morgan fingerprint density at radius 2 is 1.91 bits per heavy atom. The molecule has 0 aliphatic carbocycles. The molecule has 1 aromatic heterocycles. The van der Waals surface area contributed by atoms with Gasteiger partial charge < -0.3 is 14.6 Å². The Morgan fingerprint density at radius 3 is 2.56 bits per heavy atom. The second kappa shape index (κ2) is 7.37. The van der Waals surface area contributed by atoms with Gasteiger partial charge in [0.15, 0.2) is 0 Å². The van der Waals surface area contributed by atoms with Crippen molar-refractivity contribution in [3.63, 3.8) is 0 Å². The van der Waals surface area contributed by atoms with Crippen molar-refractivity contribution < 1.29 is 14.3 Å². The van der Waals surface area contributed by atoms with E-state index >= 15 is 0 Å². The van der Waals surface area contributed by atoms with E-state index < -0.39 is 5.97 Å². The van der Waals surface area contributed by atoms with Crippen LogP contribution in [0, 0.1) is 0 Å². The molecule has 3 aliphatic rings. The number of rotatable bonds is 2. The molecule has 2 atom stereocenters. The van der Waals surface area contributed by atoms with Gasteiger partial charge in [0.25, 0.3) is 0 Å². The minimum Gasteiger partial charge on any atom is -0.459 e. The van der Waals surface area contributed by atoms with E-state index in [-0.39, 0.29) is 23.6 Å². The summed E-state index contributed by atoms with van der Waals surface area (Å²) >= 11 is 0. The average Bonchev–Trinajstić information content (AvgIpc) is 3.39. The van der Waals surface area contributed by atoms with E-state index in [2.05, 4.69) is 36.8 Å². The van der Waals surface area contributed by atoms with Crippen LogP contribution < -0.4 is 0 Å². The van der Waals surface area contributed by atoms with Crippen LogP contribution in [0.25, 0.3) is 16.5 Å². The standard InChI is InChI=1S/C25H32N4O3/c1-15(2)32-23(30)19-13-28(24(31)29-12-16-10-17(29)11-27(16)5)14-25(3,4)21-18-8-6-7-9-20(18)26-22(19)21/h6-9,13,15-17,26H,10-12,14H2,1-5H3/t16-,17?/m0/s1. The molecule has 1 unspecified atom stereocenters. The maximum absolute atomic E-state index is 13.7. The first-order valence-electron chi connectivity index (χ1n) is 11.5. The highest BCUT2D eigenvalue weighted by atomic mass is 16.5. The number of piperazine rings is 1. The molecule has 32 heavy (non-hydrogen) atoms. The summed E-state index contributed by atoms with van der Waals surface area (Å²) in [5.74, 6) is -0.411. The van der Waals surface area contributed by atoms with Crippen molar-refractivity contribution in [1.29, 1.82) is 0 Å². The van der Waals surface area contributed by atoms with Crippen molar-refractivity contribution in [1.82, 2.24) is 19.7 Å². The van der Waals surface area contributed by atoms with Crippen molar-refractivity contribution in [2.45, 2.75) is 57.7 Å². The number of hydrogen-bond acceptors (Lipinski definition) is 4. The molecule has 0 spiro atoms. The van der Waals surface area contributed by atoms with Crippen LogP contribution in [-0.4, -0.2) is 76.6 Å². The molecule has 2 bridgehead atoms. The predicted octanol–water partition coefficient (Wildman–Crippen LogP) is 3.56. The smallest absolute Gasteiger partial charge is 0.342 e. The molecule has 1 aromatic carbocycles. The molecular weight excluding hydrogens is 404 g/mol. The molecule has 5 rings (SSSR count). The second-order valence-electron chi connectivity index (χ2n) is 10.3. The first-order valence-corrected chi connectivity index (χ1v) is 11.5. The Kier molecular flexibility index (Phi) is 4.85. The fraction of sp³-hybridized carbons (Fsp3) is 0.520. The fourth-order valence-electron chi connectivity index (χ4n) is 5.64. The monoisotopic (exact) mass is 436 g/mol. The number of urea groups is 1. The number of aromatic nitrogens is 1. The van der Waals surface area contributed by atoms with Gasteiger partial charge in [-0.15, -0.1) is 0 Å². The minimum atomic E-state index is -0.411. The summed E-state index contributed by atoms with van der Waals surface area (Å²) in [7, 11) is 2.12. The average molecular weight is 437 g/mol. The van der Waals surface area contributed by atoms with E-state index in [1.54, 1.807) is 11.1 Å². The number of likely N-dealkylation sites (N-methyl/N-ethyl adjacent to an activating group) is 1.